The van der Waals surface area contributed by atoms with Crippen LogP contribution in [0.3, 0.4) is 0 Å². The molecule has 0 radical (unpaired) electrons. The van der Waals surface area contributed by atoms with Crippen molar-refractivity contribution in [3.63, 3.8) is 0 Å². The third-order valence-corrected chi connectivity index (χ3v) is 3.51. The van der Waals surface area contributed by atoms with E-state index >= 15 is 0 Å². The van der Waals surface area contributed by atoms with Crippen LogP contribution in [-0.4, -0.2) is 17.7 Å². The molecule has 19 heavy (non-hydrogen) atoms. The van der Waals surface area contributed by atoms with Gasteiger partial charge in [0.1, 0.15) is 0 Å². The van der Waals surface area contributed by atoms with Crippen molar-refractivity contribution in [1.82, 2.24) is 9.88 Å². The van der Waals surface area contributed by atoms with Crippen LogP contribution in [0.25, 0.3) is 10.9 Å². The molecule has 1 aromatic carbocycles. The summed E-state index contributed by atoms with van der Waals surface area (Å²) < 4.78 is 2.34. The molecule has 2 nitrogen and oxygen atoms in total. The smallest absolute Gasteiger partial charge is 0.0483 e. The van der Waals surface area contributed by atoms with E-state index in [0.29, 0.717) is 5.41 Å². The molecule has 2 heteroatoms. The Morgan fingerprint density at radius 2 is 1.89 bits per heavy atom. The van der Waals surface area contributed by atoms with Crippen LogP contribution in [0.15, 0.2) is 30.5 Å². The normalized spacial score (nSPS) is 12.2. The summed E-state index contributed by atoms with van der Waals surface area (Å²) in [6, 6.07) is 8.84. The Bertz CT molecular complexity index is 532. The molecule has 0 bridgehead atoms. The van der Waals surface area contributed by atoms with E-state index < -0.39 is 0 Å². The lowest BCUT2D eigenvalue weighted by Gasteiger charge is -2.18. The standard InChI is InChI=1S/C17H26N2/c1-14-5-6-15-7-11-19(16(15)13-14)12-10-18-9-8-17(2,3)4/h5-7,11,13,18H,8-10,12H2,1-4H3. The Balaban J connectivity index is 1.86. The molecule has 0 amide bonds. The second-order valence-electron chi connectivity index (χ2n) is 6.63. The van der Waals surface area contributed by atoms with Gasteiger partial charge in [-0.1, -0.05) is 32.9 Å². The van der Waals surface area contributed by atoms with Gasteiger partial charge in [0.05, 0.1) is 0 Å². The van der Waals surface area contributed by atoms with Crippen molar-refractivity contribution in [3.05, 3.63) is 36.0 Å². The summed E-state index contributed by atoms with van der Waals surface area (Å²) in [7, 11) is 0. The molecule has 0 aliphatic heterocycles. The highest BCUT2D eigenvalue weighted by atomic mass is 15.0. The van der Waals surface area contributed by atoms with E-state index in [0.717, 1.165) is 19.6 Å². The number of aromatic nitrogens is 1. The highest BCUT2D eigenvalue weighted by molar-refractivity contribution is 5.80. The summed E-state index contributed by atoms with van der Waals surface area (Å²) >= 11 is 0. The first-order valence-electron chi connectivity index (χ1n) is 7.22. The van der Waals surface area contributed by atoms with Crippen molar-refractivity contribution in [3.8, 4) is 0 Å². The zero-order valence-corrected chi connectivity index (χ0v) is 12.7. The fraction of sp³-hybridized carbons (Fsp3) is 0.529. The maximum absolute atomic E-state index is 3.54. The summed E-state index contributed by atoms with van der Waals surface area (Å²) in [4.78, 5) is 0. The second-order valence-corrected chi connectivity index (χ2v) is 6.63. The molecule has 0 aliphatic rings. The first-order chi connectivity index (χ1) is 8.96. The summed E-state index contributed by atoms with van der Waals surface area (Å²) in [5.74, 6) is 0. The molecule has 0 spiro atoms. The average Bonchev–Trinajstić information content (AvgIpc) is 2.70. The number of fused-ring (bicyclic) bond motifs is 1. The van der Waals surface area contributed by atoms with E-state index in [4.69, 9.17) is 0 Å². The number of rotatable bonds is 5. The van der Waals surface area contributed by atoms with Gasteiger partial charge in [0, 0.05) is 24.8 Å². The fourth-order valence-corrected chi connectivity index (χ4v) is 2.28. The van der Waals surface area contributed by atoms with Gasteiger partial charge in [0.15, 0.2) is 0 Å². The molecule has 0 saturated carbocycles. The maximum Gasteiger partial charge on any atom is 0.0483 e. The highest BCUT2D eigenvalue weighted by Gasteiger charge is 2.08. The minimum absolute atomic E-state index is 0.421. The molecule has 2 rings (SSSR count). The monoisotopic (exact) mass is 258 g/mol. The van der Waals surface area contributed by atoms with Crippen LogP contribution in [0, 0.1) is 12.3 Å². The second kappa shape index (κ2) is 5.79. The van der Waals surface area contributed by atoms with Crippen molar-refractivity contribution in [2.45, 2.75) is 40.7 Å². The molecule has 0 atom stereocenters. The van der Waals surface area contributed by atoms with Gasteiger partial charge in [0.2, 0.25) is 0 Å². The largest absolute Gasteiger partial charge is 0.346 e. The first kappa shape index (κ1) is 14.1. The highest BCUT2D eigenvalue weighted by Crippen LogP contribution is 2.18. The number of nitrogens with zero attached hydrogens (tertiary/aromatic N) is 1. The predicted molar refractivity (Wildman–Crippen MR) is 83.6 cm³/mol. The average molecular weight is 258 g/mol. The summed E-state index contributed by atoms with van der Waals surface area (Å²) in [6.45, 7) is 12.2. The van der Waals surface area contributed by atoms with Gasteiger partial charge in [-0.15, -0.1) is 0 Å². The lowest BCUT2D eigenvalue weighted by atomic mass is 9.92. The zero-order chi connectivity index (χ0) is 13.9. The van der Waals surface area contributed by atoms with E-state index in [-0.39, 0.29) is 0 Å². The summed E-state index contributed by atoms with van der Waals surface area (Å²) in [5, 5.41) is 4.87. The molecule has 0 unspecified atom stereocenters. The zero-order valence-electron chi connectivity index (χ0n) is 12.7. The van der Waals surface area contributed by atoms with Crippen LogP contribution in [0.1, 0.15) is 32.8 Å². The van der Waals surface area contributed by atoms with Crippen molar-refractivity contribution in [2.24, 2.45) is 5.41 Å². The minimum atomic E-state index is 0.421. The summed E-state index contributed by atoms with van der Waals surface area (Å²) in [5.41, 5.74) is 3.09. The Kier molecular flexibility index (Phi) is 4.31. The minimum Gasteiger partial charge on any atom is -0.346 e. The maximum atomic E-state index is 3.54. The molecular weight excluding hydrogens is 232 g/mol. The van der Waals surface area contributed by atoms with E-state index in [2.05, 4.69) is 68.0 Å². The van der Waals surface area contributed by atoms with Gasteiger partial charge >= 0.3 is 0 Å². The van der Waals surface area contributed by atoms with Crippen LogP contribution < -0.4 is 5.32 Å². The number of hydrogen-bond donors (Lipinski definition) is 1. The van der Waals surface area contributed by atoms with Crippen molar-refractivity contribution in [2.75, 3.05) is 13.1 Å². The molecule has 0 saturated heterocycles. The number of hydrogen-bond acceptors (Lipinski definition) is 1. The van der Waals surface area contributed by atoms with Gasteiger partial charge in [-0.3, -0.25) is 0 Å². The van der Waals surface area contributed by atoms with Crippen LogP contribution >= 0.6 is 0 Å². The first-order valence-corrected chi connectivity index (χ1v) is 7.22. The molecule has 0 fully saturated rings. The SMILES string of the molecule is Cc1ccc2ccn(CCNCCC(C)(C)C)c2c1. The van der Waals surface area contributed by atoms with E-state index in [1.54, 1.807) is 0 Å². The Hall–Kier alpha value is -1.28. The van der Waals surface area contributed by atoms with Crippen LogP contribution in [0.2, 0.25) is 0 Å². The topological polar surface area (TPSA) is 17.0 Å². The number of nitrogens with one attached hydrogen (secondary N) is 1. The molecule has 1 aromatic heterocycles. The Morgan fingerprint density at radius 1 is 1.11 bits per heavy atom. The molecule has 1 N–H and O–H groups in total. The van der Waals surface area contributed by atoms with Gasteiger partial charge < -0.3 is 9.88 Å². The Morgan fingerprint density at radius 3 is 2.63 bits per heavy atom. The fourth-order valence-electron chi connectivity index (χ4n) is 2.28. The lowest BCUT2D eigenvalue weighted by molar-refractivity contribution is 0.365. The van der Waals surface area contributed by atoms with Crippen LogP contribution in [0.4, 0.5) is 0 Å². The quantitative estimate of drug-likeness (QED) is 0.803. The summed E-state index contributed by atoms with van der Waals surface area (Å²) in [6.07, 6.45) is 3.41. The number of aryl methyl sites for hydroxylation is 1. The third-order valence-electron chi connectivity index (χ3n) is 3.51. The van der Waals surface area contributed by atoms with Gasteiger partial charge in [-0.2, -0.15) is 0 Å². The van der Waals surface area contributed by atoms with Crippen molar-refractivity contribution >= 4 is 10.9 Å². The molecule has 2 aromatic rings. The van der Waals surface area contributed by atoms with Crippen LogP contribution in [0.5, 0.6) is 0 Å². The molecule has 1 heterocycles. The predicted octanol–water partition coefficient (Wildman–Crippen LogP) is 3.98. The number of benzene rings is 1. The van der Waals surface area contributed by atoms with Gasteiger partial charge in [-0.05, 0) is 48.4 Å². The molecular formula is C17H26N2. The molecule has 104 valence electrons. The third kappa shape index (κ3) is 4.10. The van der Waals surface area contributed by atoms with Gasteiger partial charge in [-0.25, -0.2) is 0 Å². The Labute approximate surface area is 116 Å². The van der Waals surface area contributed by atoms with Gasteiger partial charge in [0.25, 0.3) is 0 Å². The van der Waals surface area contributed by atoms with E-state index in [1.807, 2.05) is 0 Å². The van der Waals surface area contributed by atoms with E-state index in [1.165, 1.54) is 22.9 Å². The van der Waals surface area contributed by atoms with Crippen molar-refractivity contribution < 1.29 is 0 Å². The van der Waals surface area contributed by atoms with Crippen LogP contribution in [-0.2, 0) is 6.54 Å². The lowest BCUT2D eigenvalue weighted by Crippen LogP contribution is -2.24. The van der Waals surface area contributed by atoms with Crippen molar-refractivity contribution in [1.29, 1.82) is 0 Å². The molecule has 0 aliphatic carbocycles. The van der Waals surface area contributed by atoms with E-state index in [9.17, 15) is 0 Å².